The molecule has 0 radical (unpaired) electrons. The summed E-state index contributed by atoms with van der Waals surface area (Å²) in [6, 6.07) is -1.01. The van der Waals surface area contributed by atoms with Crippen LogP contribution in [0.15, 0.2) is 18.6 Å². The third kappa shape index (κ3) is 4.65. The Morgan fingerprint density at radius 3 is 2.35 bits per heavy atom. The summed E-state index contributed by atoms with van der Waals surface area (Å²) in [7, 11) is 0. The van der Waals surface area contributed by atoms with Gasteiger partial charge in [-0.2, -0.15) is 0 Å². The standard InChI is InChI=1S/C19H27N3O4/c1-18(2,3)15(16(24)25)22-17(26)19(7-5-4-6-8-19)11-14(23)13-12-20-9-10-21-13/h9-10,12,15H,4-8,11H2,1-3H3,(H,22,26)(H,24,25)/t15-/m1/s1. The molecule has 1 aliphatic rings. The van der Waals surface area contributed by atoms with Gasteiger partial charge in [-0.25, -0.2) is 9.78 Å². The van der Waals surface area contributed by atoms with E-state index in [1.807, 2.05) is 0 Å². The molecule has 1 aromatic heterocycles. The Kier molecular flexibility index (Phi) is 6.10. The molecule has 7 nitrogen and oxygen atoms in total. The number of hydrogen-bond donors (Lipinski definition) is 2. The lowest BCUT2D eigenvalue weighted by atomic mass is 9.69. The van der Waals surface area contributed by atoms with Crippen LogP contribution in [0.25, 0.3) is 0 Å². The minimum Gasteiger partial charge on any atom is -0.480 e. The number of aromatic nitrogens is 2. The van der Waals surface area contributed by atoms with E-state index in [4.69, 9.17) is 0 Å². The molecule has 26 heavy (non-hydrogen) atoms. The summed E-state index contributed by atoms with van der Waals surface area (Å²) in [4.78, 5) is 45.3. The first-order valence-corrected chi connectivity index (χ1v) is 8.99. The van der Waals surface area contributed by atoms with E-state index in [-0.39, 0.29) is 23.8 Å². The molecule has 1 aromatic rings. The van der Waals surface area contributed by atoms with E-state index in [0.717, 1.165) is 19.3 Å². The fraction of sp³-hybridized carbons (Fsp3) is 0.632. The number of carbonyl (C=O) groups is 3. The fourth-order valence-corrected chi connectivity index (χ4v) is 3.49. The molecule has 1 heterocycles. The highest BCUT2D eigenvalue weighted by Gasteiger charge is 2.44. The van der Waals surface area contributed by atoms with Gasteiger partial charge in [-0.05, 0) is 18.3 Å². The maximum atomic E-state index is 13.1. The predicted octanol–water partition coefficient (Wildman–Crippen LogP) is 2.62. The summed E-state index contributed by atoms with van der Waals surface area (Å²) >= 11 is 0. The van der Waals surface area contributed by atoms with Crippen molar-refractivity contribution < 1.29 is 19.5 Å². The Hall–Kier alpha value is -2.31. The minimum absolute atomic E-state index is 0.0218. The molecule has 0 aromatic carbocycles. The van der Waals surface area contributed by atoms with Crippen molar-refractivity contribution in [1.82, 2.24) is 15.3 Å². The SMILES string of the molecule is CC(C)(C)[C@H](NC(=O)C1(CC(=O)c2cnccn2)CCCCC1)C(=O)O. The number of ketones is 1. The van der Waals surface area contributed by atoms with Crippen molar-refractivity contribution in [2.24, 2.45) is 10.8 Å². The van der Waals surface area contributed by atoms with Crippen molar-refractivity contribution in [1.29, 1.82) is 0 Å². The third-order valence-electron chi connectivity index (χ3n) is 5.03. The predicted molar refractivity (Wildman–Crippen MR) is 95.5 cm³/mol. The van der Waals surface area contributed by atoms with E-state index in [2.05, 4.69) is 15.3 Å². The van der Waals surface area contributed by atoms with E-state index in [9.17, 15) is 19.5 Å². The van der Waals surface area contributed by atoms with E-state index in [0.29, 0.717) is 12.8 Å². The van der Waals surface area contributed by atoms with Gasteiger partial charge in [-0.15, -0.1) is 0 Å². The Labute approximate surface area is 153 Å². The van der Waals surface area contributed by atoms with Crippen LogP contribution >= 0.6 is 0 Å². The Balaban J connectivity index is 2.24. The number of nitrogens with one attached hydrogen (secondary N) is 1. The Bertz CT molecular complexity index is 661. The van der Waals surface area contributed by atoms with Crippen LogP contribution in [0.4, 0.5) is 0 Å². The van der Waals surface area contributed by atoms with Crippen LogP contribution in [0.3, 0.4) is 0 Å². The largest absolute Gasteiger partial charge is 0.480 e. The number of amides is 1. The lowest BCUT2D eigenvalue weighted by Crippen LogP contribution is -2.54. The summed E-state index contributed by atoms with van der Waals surface area (Å²) in [5.41, 5.74) is -1.28. The van der Waals surface area contributed by atoms with Crippen molar-refractivity contribution in [2.45, 2.75) is 65.3 Å². The topological polar surface area (TPSA) is 109 Å². The van der Waals surface area contributed by atoms with Crippen LogP contribution in [0, 0.1) is 10.8 Å². The van der Waals surface area contributed by atoms with E-state index in [1.165, 1.54) is 18.6 Å². The molecular weight excluding hydrogens is 334 g/mol. The van der Waals surface area contributed by atoms with Gasteiger partial charge in [0.25, 0.3) is 0 Å². The molecule has 7 heteroatoms. The Morgan fingerprint density at radius 1 is 1.19 bits per heavy atom. The highest BCUT2D eigenvalue weighted by molar-refractivity contribution is 5.99. The molecular formula is C19H27N3O4. The zero-order valence-corrected chi connectivity index (χ0v) is 15.6. The van der Waals surface area contributed by atoms with Gasteiger partial charge in [-0.3, -0.25) is 14.6 Å². The molecule has 0 unspecified atom stereocenters. The number of carbonyl (C=O) groups excluding carboxylic acids is 2. The number of Topliss-reactive ketones (excluding diaryl/α,β-unsaturated/α-hetero) is 1. The van der Waals surface area contributed by atoms with Crippen LogP contribution in [-0.4, -0.2) is 38.8 Å². The molecule has 2 N–H and O–H groups in total. The Morgan fingerprint density at radius 2 is 1.85 bits per heavy atom. The number of aliphatic carboxylic acids is 1. The molecule has 1 amide bonds. The van der Waals surface area contributed by atoms with Crippen LogP contribution in [0.5, 0.6) is 0 Å². The highest BCUT2D eigenvalue weighted by Crippen LogP contribution is 2.41. The zero-order valence-electron chi connectivity index (χ0n) is 15.6. The smallest absolute Gasteiger partial charge is 0.326 e. The summed E-state index contributed by atoms with van der Waals surface area (Å²) in [6.07, 6.45) is 8.18. The summed E-state index contributed by atoms with van der Waals surface area (Å²) in [5.74, 6) is -1.66. The second-order valence-corrected chi connectivity index (χ2v) is 8.14. The van der Waals surface area contributed by atoms with Crippen LogP contribution in [-0.2, 0) is 9.59 Å². The number of carboxylic acid groups (broad SMARTS) is 1. The van der Waals surface area contributed by atoms with Gasteiger partial charge in [0.15, 0.2) is 5.78 Å². The lowest BCUT2D eigenvalue weighted by Gasteiger charge is -2.38. The van der Waals surface area contributed by atoms with Gasteiger partial charge in [0.05, 0.1) is 11.6 Å². The number of carboxylic acids is 1. The van der Waals surface area contributed by atoms with E-state index in [1.54, 1.807) is 20.8 Å². The molecule has 1 saturated carbocycles. The molecule has 1 fully saturated rings. The molecule has 1 aliphatic carbocycles. The van der Waals surface area contributed by atoms with Crippen LogP contribution in [0.1, 0.15) is 69.8 Å². The van der Waals surface area contributed by atoms with Crippen LogP contribution in [0.2, 0.25) is 0 Å². The van der Waals surface area contributed by atoms with Crippen molar-refractivity contribution in [3.8, 4) is 0 Å². The second-order valence-electron chi connectivity index (χ2n) is 8.14. The van der Waals surface area contributed by atoms with Gasteiger partial charge < -0.3 is 10.4 Å². The van der Waals surface area contributed by atoms with Crippen LogP contribution < -0.4 is 5.32 Å². The molecule has 0 saturated heterocycles. The van der Waals surface area contributed by atoms with Crippen molar-refractivity contribution in [3.05, 3.63) is 24.3 Å². The highest BCUT2D eigenvalue weighted by atomic mass is 16.4. The quantitative estimate of drug-likeness (QED) is 0.754. The fourth-order valence-electron chi connectivity index (χ4n) is 3.49. The van der Waals surface area contributed by atoms with Gasteiger partial charge in [0, 0.05) is 18.8 Å². The second kappa shape index (κ2) is 7.93. The van der Waals surface area contributed by atoms with Gasteiger partial charge >= 0.3 is 5.97 Å². The average molecular weight is 361 g/mol. The number of rotatable bonds is 6. The minimum atomic E-state index is -1.07. The van der Waals surface area contributed by atoms with Gasteiger partial charge in [-0.1, -0.05) is 40.0 Å². The summed E-state index contributed by atoms with van der Waals surface area (Å²) < 4.78 is 0. The number of nitrogens with zero attached hydrogens (tertiary/aromatic N) is 2. The normalized spacial score (nSPS) is 18.0. The maximum absolute atomic E-state index is 13.1. The average Bonchev–Trinajstić information content (AvgIpc) is 2.59. The van der Waals surface area contributed by atoms with E-state index < -0.39 is 22.8 Å². The lowest BCUT2D eigenvalue weighted by molar-refractivity contribution is -0.147. The first-order chi connectivity index (χ1) is 12.2. The molecule has 0 bridgehead atoms. The maximum Gasteiger partial charge on any atom is 0.326 e. The van der Waals surface area contributed by atoms with E-state index >= 15 is 0 Å². The molecule has 0 aliphatic heterocycles. The van der Waals surface area contributed by atoms with Gasteiger partial charge in [0.2, 0.25) is 5.91 Å². The van der Waals surface area contributed by atoms with Crippen molar-refractivity contribution >= 4 is 17.7 Å². The first-order valence-electron chi connectivity index (χ1n) is 8.99. The van der Waals surface area contributed by atoms with Gasteiger partial charge in [0.1, 0.15) is 11.7 Å². The number of hydrogen-bond acceptors (Lipinski definition) is 5. The van der Waals surface area contributed by atoms with Crippen molar-refractivity contribution in [3.63, 3.8) is 0 Å². The zero-order chi connectivity index (χ0) is 19.4. The molecule has 1 atom stereocenters. The first kappa shape index (κ1) is 20.0. The van der Waals surface area contributed by atoms with Crippen molar-refractivity contribution in [2.75, 3.05) is 0 Å². The third-order valence-corrected chi connectivity index (χ3v) is 5.03. The summed E-state index contributed by atoms with van der Waals surface area (Å²) in [6.45, 7) is 5.30. The molecule has 142 valence electrons. The summed E-state index contributed by atoms with van der Waals surface area (Å²) in [5, 5.41) is 12.2. The molecule has 2 rings (SSSR count). The molecule has 0 spiro atoms. The monoisotopic (exact) mass is 361 g/mol.